The second kappa shape index (κ2) is 5.73. The molecule has 130 valence electrons. The quantitative estimate of drug-likeness (QED) is 0.767. The van der Waals surface area contributed by atoms with Crippen molar-refractivity contribution in [1.82, 2.24) is 19.7 Å². The van der Waals surface area contributed by atoms with Crippen LogP contribution in [-0.2, 0) is 18.0 Å². The van der Waals surface area contributed by atoms with Gasteiger partial charge in [0, 0.05) is 12.7 Å². The van der Waals surface area contributed by atoms with Gasteiger partial charge < -0.3 is 9.72 Å². The summed E-state index contributed by atoms with van der Waals surface area (Å²) in [7, 11) is 1.48. The average Bonchev–Trinajstić information content (AvgIpc) is 3.18. The number of nitrogens with one attached hydrogen (secondary N) is 1. The summed E-state index contributed by atoms with van der Waals surface area (Å²) in [4.78, 5) is 7.80. The summed E-state index contributed by atoms with van der Waals surface area (Å²) in [6.45, 7) is 1.26. The number of aromatic nitrogens is 4. The minimum atomic E-state index is -4.48. The maximum absolute atomic E-state index is 12.8. The van der Waals surface area contributed by atoms with E-state index in [2.05, 4.69) is 15.1 Å². The fourth-order valence-electron chi connectivity index (χ4n) is 2.94. The summed E-state index contributed by atoms with van der Waals surface area (Å²) in [6, 6.07) is 6.44. The van der Waals surface area contributed by atoms with Crippen molar-refractivity contribution in [2.45, 2.75) is 12.6 Å². The van der Waals surface area contributed by atoms with Gasteiger partial charge in [-0.3, -0.25) is 4.68 Å². The Morgan fingerprint density at radius 1 is 1.24 bits per heavy atom. The molecule has 0 bridgehead atoms. The third kappa shape index (κ3) is 2.93. The number of nitrogens with zero attached hydrogens (tertiary/aromatic N) is 3. The van der Waals surface area contributed by atoms with Gasteiger partial charge in [0.2, 0.25) is 0 Å². The monoisotopic (exact) mass is 348 g/mol. The molecule has 0 fully saturated rings. The molecule has 0 saturated carbocycles. The molecule has 1 aliphatic heterocycles. The molecule has 0 aliphatic carbocycles. The van der Waals surface area contributed by atoms with Crippen molar-refractivity contribution in [3.05, 3.63) is 41.7 Å². The highest BCUT2D eigenvalue weighted by Crippen LogP contribution is 2.32. The molecule has 1 N–H and O–H groups in total. The second-order valence-electron chi connectivity index (χ2n) is 5.90. The minimum absolute atomic E-state index is 0.322. The smallest absolute Gasteiger partial charge is 0.377 e. The number of fused-ring (bicyclic) bond motifs is 1. The van der Waals surface area contributed by atoms with Crippen LogP contribution in [0.1, 0.15) is 17.8 Å². The summed E-state index contributed by atoms with van der Waals surface area (Å²) in [5.74, 6) is 0. The first-order valence-corrected chi connectivity index (χ1v) is 7.80. The van der Waals surface area contributed by atoms with Crippen LogP contribution in [0.25, 0.3) is 28.0 Å². The Kier molecular flexibility index (Phi) is 3.64. The van der Waals surface area contributed by atoms with Crippen LogP contribution < -0.4 is 0 Å². The number of hydrogen-bond acceptors (Lipinski definition) is 3. The first-order chi connectivity index (χ1) is 11.9. The number of rotatable bonds is 2. The van der Waals surface area contributed by atoms with Crippen molar-refractivity contribution in [3.8, 4) is 11.4 Å². The minimum Gasteiger partial charge on any atom is -0.377 e. The van der Waals surface area contributed by atoms with Gasteiger partial charge in [0.15, 0.2) is 5.69 Å². The van der Waals surface area contributed by atoms with Crippen LogP contribution in [0.15, 0.2) is 30.3 Å². The molecule has 0 radical (unpaired) electrons. The average molecular weight is 348 g/mol. The van der Waals surface area contributed by atoms with Crippen molar-refractivity contribution in [2.24, 2.45) is 7.05 Å². The number of H-pyrrole nitrogens is 1. The molecule has 0 unspecified atom stereocenters. The van der Waals surface area contributed by atoms with Crippen LogP contribution in [0.2, 0.25) is 0 Å². The summed E-state index contributed by atoms with van der Waals surface area (Å²) >= 11 is 0. The Balaban J connectivity index is 1.74. The van der Waals surface area contributed by atoms with Crippen LogP contribution in [0.3, 0.4) is 0 Å². The van der Waals surface area contributed by atoms with Gasteiger partial charge in [-0.2, -0.15) is 18.3 Å². The van der Waals surface area contributed by atoms with E-state index in [1.807, 2.05) is 18.2 Å². The Bertz CT molecular complexity index is 968. The predicted molar refractivity (Wildman–Crippen MR) is 86.7 cm³/mol. The highest BCUT2D eigenvalue weighted by molar-refractivity contribution is 5.83. The third-order valence-electron chi connectivity index (χ3n) is 4.22. The Morgan fingerprint density at radius 2 is 2.08 bits per heavy atom. The lowest BCUT2D eigenvalue weighted by molar-refractivity contribution is -0.141. The van der Waals surface area contributed by atoms with E-state index in [-0.39, 0.29) is 0 Å². The predicted octanol–water partition coefficient (Wildman–Crippen LogP) is 3.79. The van der Waals surface area contributed by atoms with E-state index in [0.717, 1.165) is 29.3 Å². The molecule has 4 heterocycles. The lowest BCUT2D eigenvalue weighted by atomic mass is 10.1. The standard InChI is InChI=1S/C17H15F3N4O/c1-24-15(9-16(23-24)17(18,19)20)12-3-2-11-14(22-12)8-13(21-11)10-4-6-25-7-5-10/h2-4,8-9,21H,5-7H2,1H3. The van der Waals surface area contributed by atoms with E-state index < -0.39 is 11.9 Å². The zero-order chi connectivity index (χ0) is 17.6. The molecule has 5 nitrogen and oxygen atoms in total. The van der Waals surface area contributed by atoms with Gasteiger partial charge in [0.05, 0.1) is 35.6 Å². The van der Waals surface area contributed by atoms with E-state index in [1.165, 1.54) is 11.7 Å². The molecule has 4 rings (SSSR count). The highest BCUT2D eigenvalue weighted by Gasteiger charge is 2.34. The summed E-state index contributed by atoms with van der Waals surface area (Å²) in [5.41, 5.74) is 3.51. The van der Waals surface area contributed by atoms with Gasteiger partial charge in [0.25, 0.3) is 0 Å². The molecule has 0 amide bonds. The maximum Gasteiger partial charge on any atom is 0.435 e. The number of pyridine rings is 1. The lowest BCUT2D eigenvalue weighted by Gasteiger charge is -2.11. The van der Waals surface area contributed by atoms with Gasteiger partial charge in [-0.15, -0.1) is 0 Å². The van der Waals surface area contributed by atoms with Crippen LogP contribution >= 0.6 is 0 Å². The highest BCUT2D eigenvalue weighted by atomic mass is 19.4. The van der Waals surface area contributed by atoms with Gasteiger partial charge in [-0.25, -0.2) is 4.98 Å². The molecule has 3 aromatic rings. The molecular weight excluding hydrogens is 333 g/mol. The van der Waals surface area contributed by atoms with Crippen LogP contribution in [0.5, 0.6) is 0 Å². The number of hydrogen-bond donors (Lipinski definition) is 1. The van der Waals surface area contributed by atoms with Crippen molar-refractivity contribution in [3.63, 3.8) is 0 Å². The van der Waals surface area contributed by atoms with E-state index in [0.29, 0.717) is 30.1 Å². The Hall–Kier alpha value is -2.61. The van der Waals surface area contributed by atoms with Crippen LogP contribution in [0.4, 0.5) is 13.2 Å². The van der Waals surface area contributed by atoms with Gasteiger partial charge in [-0.1, -0.05) is 6.08 Å². The Morgan fingerprint density at radius 3 is 2.76 bits per heavy atom. The second-order valence-corrected chi connectivity index (χ2v) is 5.90. The fourth-order valence-corrected chi connectivity index (χ4v) is 2.94. The van der Waals surface area contributed by atoms with Crippen molar-refractivity contribution in [1.29, 1.82) is 0 Å². The molecule has 0 atom stereocenters. The molecule has 1 aliphatic rings. The van der Waals surface area contributed by atoms with Crippen LogP contribution in [0, 0.1) is 0 Å². The zero-order valence-electron chi connectivity index (χ0n) is 13.4. The van der Waals surface area contributed by atoms with Gasteiger partial charge in [-0.05, 0) is 36.3 Å². The van der Waals surface area contributed by atoms with Crippen molar-refractivity contribution < 1.29 is 17.9 Å². The largest absolute Gasteiger partial charge is 0.435 e. The van der Waals surface area contributed by atoms with Crippen molar-refractivity contribution in [2.75, 3.05) is 13.2 Å². The molecular formula is C17H15F3N4O. The molecule has 0 saturated heterocycles. The topological polar surface area (TPSA) is 55.7 Å². The number of aryl methyl sites for hydroxylation is 1. The molecule has 0 aromatic carbocycles. The zero-order valence-corrected chi connectivity index (χ0v) is 13.4. The molecule has 0 spiro atoms. The van der Waals surface area contributed by atoms with E-state index in [1.54, 1.807) is 6.07 Å². The maximum atomic E-state index is 12.8. The SMILES string of the molecule is Cn1nc(C(F)(F)F)cc1-c1ccc2[nH]c(C3=CCOCC3)cc2n1. The van der Waals surface area contributed by atoms with Gasteiger partial charge in [0.1, 0.15) is 0 Å². The number of aromatic amines is 1. The Labute approximate surface area is 141 Å². The fraction of sp³-hybridized carbons (Fsp3) is 0.294. The molecule has 25 heavy (non-hydrogen) atoms. The van der Waals surface area contributed by atoms with E-state index >= 15 is 0 Å². The third-order valence-corrected chi connectivity index (χ3v) is 4.22. The first-order valence-electron chi connectivity index (χ1n) is 7.80. The normalized spacial score (nSPS) is 15.6. The summed E-state index contributed by atoms with van der Waals surface area (Å²) < 4.78 is 45.0. The number of halogens is 3. The summed E-state index contributed by atoms with van der Waals surface area (Å²) in [6.07, 6.45) is -1.64. The molecule has 8 heteroatoms. The van der Waals surface area contributed by atoms with E-state index in [9.17, 15) is 13.2 Å². The van der Waals surface area contributed by atoms with Crippen LogP contribution in [-0.4, -0.2) is 33.0 Å². The lowest BCUT2D eigenvalue weighted by Crippen LogP contribution is -2.06. The molecule has 3 aromatic heterocycles. The number of alkyl halides is 3. The number of ether oxygens (including phenoxy) is 1. The first kappa shape index (κ1) is 15.9. The van der Waals surface area contributed by atoms with Crippen molar-refractivity contribution >= 4 is 16.6 Å². The van der Waals surface area contributed by atoms with Gasteiger partial charge >= 0.3 is 6.18 Å². The van der Waals surface area contributed by atoms with E-state index in [4.69, 9.17) is 4.74 Å². The summed E-state index contributed by atoms with van der Waals surface area (Å²) in [5, 5.41) is 3.54.